The third-order valence-corrected chi connectivity index (χ3v) is 6.43. The van der Waals surface area contributed by atoms with Gasteiger partial charge < -0.3 is 0 Å². The highest BCUT2D eigenvalue weighted by Crippen LogP contribution is 2.43. The van der Waals surface area contributed by atoms with Crippen LogP contribution in [0.2, 0.25) is 0 Å². The van der Waals surface area contributed by atoms with Crippen molar-refractivity contribution >= 4 is 0 Å². The zero-order valence-corrected chi connectivity index (χ0v) is 12.2. The largest absolute Gasteiger partial charge is 0.0530 e. The first-order valence-electron chi connectivity index (χ1n) is 8.93. The van der Waals surface area contributed by atoms with E-state index in [0.29, 0.717) is 0 Å². The molecule has 0 nitrogen and oxygen atoms in total. The molecule has 4 aliphatic rings. The summed E-state index contributed by atoms with van der Waals surface area (Å²) in [6, 6.07) is 0. The van der Waals surface area contributed by atoms with Crippen LogP contribution in [0.25, 0.3) is 0 Å². The van der Waals surface area contributed by atoms with E-state index >= 15 is 0 Å². The molecule has 0 amide bonds. The molecule has 0 radical (unpaired) electrons. The normalized spacial score (nSPS) is 42.7. The second-order valence-corrected chi connectivity index (χ2v) is 7.47. The molecule has 4 aliphatic carbocycles. The highest BCUT2D eigenvalue weighted by molar-refractivity contribution is 4.82. The van der Waals surface area contributed by atoms with E-state index in [2.05, 4.69) is 0 Å². The Labute approximate surface area is 114 Å². The number of hydrogen-bond donors (Lipinski definition) is 0. The number of fused-ring (bicyclic) bond motifs is 2. The Hall–Kier alpha value is 0. The van der Waals surface area contributed by atoms with Gasteiger partial charge in [-0.3, -0.25) is 0 Å². The van der Waals surface area contributed by atoms with E-state index in [1.54, 1.807) is 51.4 Å². The molecule has 0 spiro atoms. The van der Waals surface area contributed by atoms with Gasteiger partial charge in [0.15, 0.2) is 0 Å². The lowest BCUT2D eigenvalue weighted by Gasteiger charge is -2.35. The molecule has 0 atom stereocenters. The Balaban J connectivity index is 0.000000114. The van der Waals surface area contributed by atoms with Crippen molar-refractivity contribution in [1.29, 1.82) is 0 Å². The van der Waals surface area contributed by atoms with Crippen molar-refractivity contribution in [3.05, 3.63) is 0 Å². The molecule has 0 bridgehead atoms. The van der Waals surface area contributed by atoms with Crippen molar-refractivity contribution in [2.24, 2.45) is 23.7 Å². The molecule has 0 heterocycles. The van der Waals surface area contributed by atoms with E-state index in [4.69, 9.17) is 0 Å². The van der Waals surface area contributed by atoms with Gasteiger partial charge in [-0.25, -0.2) is 0 Å². The summed E-state index contributed by atoms with van der Waals surface area (Å²) in [6.07, 6.45) is 21.7. The molecule has 0 aromatic rings. The van der Waals surface area contributed by atoms with Crippen LogP contribution >= 0.6 is 0 Å². The summed E-state index contributed by atoms with van der Waals surface area (Å²) in [5, 5.41) is 0. The van der Waals surface area contributed by atoms with Crippen molar-refractivity contribution in [1.82, 2.24) is 0 Å². The van der Waals surface area contributed by atoms with Gasteiger partial charge in [0.25, 0.3) is 0 Å². The first kappa shape index (κ1) is 13.0. The number of rotatable bonds is 0. The molecule has 0 aromatic heterocycles. The summed E-state index contributed by atoms with van der Waals surface area (Å²) in [7, 11) is 0. The van der Waals surface area contributed by atoms with Gasteiger partial charge in [-0.05, 0) is 23.7 Å². The maximum atomic E-state index is 1.56. The summed E-state index contributed by atoms with van der Waals surface area (Å²) in [4.78, 5) is 0. The molecular formula is C18H32. The SMILES string of the molecule is C1CC2CCCC2C1.C1CCC2CCCCC2C1. The van der Waals surface area contributed by atoms with Crippen molar-refractivity contribution in [3.8, 4) is 0 Å². The molecule has 18 heavy (non-hydrogen) atoms. The zero-order valence-electron chi connectivity index (χ0n) is 12.2. The fourth-order valence-corrected chi connectivity index (χ4v) is 5.37. The van der Waals surface area contributed by atoms with Crippen LogP contribution < -0.4 is 0 Å². The summed E-state index contributed by atoms with van der Waals surface area (Å²) >= 11 is 0. The molecule has 0 N–H and O–H groups in total. The van der Waals surface area contributed by atoms with Gasteiger partial charge in [0.1, 0.15) is 0 Å². The highest BCUT2D eigenvalue weighted by Gasteiger charge is 2.30. The van der Waals surface area contributed by atoms with Gasteiger partial charge in [0.2, 0.25) is 0 Å². The minimum atomic E-state index is 1.16. The number of hydrogen-bond acceptors (Lipinski definition) is 0. The van der Waals surface area contributed by atoms with Gasteiger partial charge in [0.05, 0.1) is 0 Å². The van der Waals surface area contributed by atoms with E-state index in [9.17, 15) is 0 Å². The van der Waals surface area contributed by atoms with E-state index in [1.165, 1.54) is 50.4 Å². The fraction of sp³-hybridized carbons (Fsp3) is 1.00. The average molecular weight is 248 g/mol. The average Bonchev–Trinajstić information content (AvgIpc) is 3.03. The Kier molecular flexibility index (Phi) is 4.65. The standard InChI is InChI=1S/C10H18.C8H14/c1-2-6-10-8-4-3-7-9(10)5-1;1-3-7-5-2-6-8(7)4-1/h9-10H,1-8H2;7-8H,1-6H2. The van der Waals surface area contributed by atoms with Crippen LogP contribution in [0.3, 0.4) is 0 Å². The van der Waals surface area contributed by atoms with Gasteiger partial charge in [-0.2, -0.15) is 0 Å². The van der Waals surface area contributed by atoms with Crippen LogP contribution in [0.15, 0.2) is 0 Å². The van der Waals surface area contributed by atoms with E-state index in [-0.39, 0.29) is 0 Å². The van der Waals surface area contributed by atoms with Crippen molar-refractivity contribution < 1.29 is 0 Å². The lowest BCUT2D eigenvalue weighted by atomic mass is 9.71. The first-order valence-corrected chi connectivity index (χ1v) is 8.93. The molecule has 0 heteroatoms. The Bertz CT molecular complexity index is 198. The highest BCUT2D eigenvalue weighted by atomic mass is 14.4. The predicted molar refractivity (Wildman–Crippen MR) is 78.6 cm³/mol. The van der Waals surface area contributed by atoms with Gasteiger partial charge in [0, 0.05) is 0 Å². The second kappa shape index (κ2) is 6.44. The van der Waals surface area contributed by atoms with Crippen LogP contribution in [-0.2, 0) is 0 Å². The lowest BCUT2D eigenvalue weighted by molar-refractivity contribution is 0.171. The minimum Gasteiger partial charge on any atom is -0.0530 e. The van der Waals surface area contributed by atoms with Crippen LogP contribution in [0.4, 0.5) is 0 Å². The van der Waals surface area contributed by atoms with Crippen molar-refractivity contribution in [2.75, 3.05) is 0 Å². The lowest BCUT2D eigenvalue weighted by Crippen LogP contribution is -2.22. The van der Waals surface area contributed by atoms with Gasteiger partial charge in [-0.15, -0.1) is 0 Å². The Morgan fingerprint density at radius 2 is 0.500 bits per heavy atom. The minimum absolute atomic E-state index is 1.16. The molecule has 4 rings (SSSR count). The van der Waals surface area contributed by atoms with E-state index < -0.39 is 0 Å². The van der Waals surface area contributed by atoms with Crippen LogP contribution in [-0.4, -0.2) is 0 Å². The third kappa shape index (κ3) is 3.11. The molecular weight excluding hydrogens is 216 g/mol. The van der Waals surface area contributed by atoms with Crippen LogP contribution in [0.5, 0.6) is 0 Å². The second-order valence-electron chi connectivity index (χ2n) is 7.47. The van der Waals surface area contributed by atoms with E-state index in [0.717, 1.165) is 11.8 Å². The Morgan fingerprint density at radius 3 is 0.778 bits per heavy atom. The van der Waals surface area contributed by atoms with E-state index in [1.807, 2.05) is 0 Å². The molecule has 4 fully saturated rings. The monoisotopic (exact) mass is 248 g/mol. The summed E-state index contributed by atoms with van der Waals surface area (Å²) < 4.78 is 0. The predicted octanol–water partition coefficient (Wildman–Crippen LogP) is 5.95. The van der Waals surface area contributed by atoms with Crippen LogP contribution in [0, 0.1) is 23.7 Å². The quantitative estimate of drug-likeness (QED) is 0.496. The van der Waals surface area contributed by atoms with Crippen molar-refractivity contribution in [3.63, 3.8) is 0 Å². The maximum absolute atomic E-state index is 1.56. The third-order valence-electron chi connectivity index (χ3n) is 6.43. The van der Waals surface area contributed by atoms with Gasteiger partial charge >= 0.3 is 0 Å². The molecule has 0 aromatic carbocycles. The smallest absolute Gasteiger partial charge is 0.0386 e. The first-order chi connectivity index (χ1) is 8.93. The summed E-state index contributed by atoms with van der Waals surface area (Å²) in [5.41, 5.74) is 0. The molecule has 104 valence electrons. The topological polar surface area (TPSA) is 0 Å². The molecule has 0 aliphatic heterocycles. The van der Waals surface area contributed by atoms with Crippen LogP contribution in [0.1, 0.15) is 89.9 Å². The Morgan fingerprint density at radius 1 is 0.278 bits per heavy atom. The molecule has 0 saturated heterocycles. The van der Waals surface area contributed by atoms with Crippen molar-refractivity contribution in [2.45, 2.75) is 89.9 Å². The maximum Gasteiger partial charge on any atom is -0.0386 e. The molecule has 4 saturated carbocycles. The zero-order chi connectivity index (χ0) is 12.2. The fourth-order valence-electron chi connectivity index (χ4n) is 5.37. The summed E-state index contributed by atoms with van der Waals surface area (Å²) in [5.74, 6) is 4.66. The molecule has 0 unspecified atom stereocenters. The van der Waals surface area contributed by atoms with Gasteiger partial charge in [-0.1, -0.05) is 89.9 Å². The summed E-state index contributed by atoms with van der Waals surface area (Å²) in [6.45, 7) is 0.